The normalized spacial score (nSPS) is 22.6. The summed E-state index contributed by atoms with van der Waals surface area (Å²) in [4.78, 5) is 42.2. The first-order chi connectivity index (χ1) is 21.7. The van der Waals surface area contributed by atoms with Crippen molar-refractivity contribution < 1.29 is 24.2 Å². The summed E-state index contributed by atoms with van der Waals surface area (Å²) in [5, 5.41) is 17.6. The van der Waals surface area contributed by atoms with Crippen LogP contribution in [0.3, 0.4) is 0 Å². The number of nitrogens with zero attached hydrogens (tertiary/aromatic N) is 5. The van der Waals surface area contributed by atoms with E-state index < -0.39 is 20.0 Å². The van der Waals surface area contributed by atoms with Crippen molar-refractivity contribution in [1.29, 1.82) is 0 Å². The van der Waals surface area contributed by atoms with Crippen LogP contribution >= 0.6 is 0 Å². The number of carbonyl (C=O) groups is 2. The lowest BCUT2D eigenvalue weighted by Gasteiger charge is -2.32. The fraction of sp³-hybridized carbons (Fsp3) is 0.353. The van der Waals surface area contributed by atoms with Crippen molar-refractivity contribution in [1.82, 2.24) is 15.0 Å². The Bertz CT molecular complexity index is 1660. The van der Waals surface area contributed by atoms with Crippen LogP contribution < -0.4 is 9.80 Å². The molecule has 1 aromatic heterocycles. The van der Waals surface area contributed by atoms with Gasteiger partial charge in [0.25, 0.3) is 5.91 Å². The smallest absolute Gasteiger partial charge is 0.264 e. The Morgan fingerprint density at radius 2 is 1.76 bits per heavy atom. The fourth-order valence-electron chi connectivity index (χ4n) is 7.20. The molecule has 0 unspecified atom stereocenters. The zero-order valence-electron chi connectivity index (χ0n) is 25.8. The molecule has 4 aromatic rings. The van der Waals surface area contributed by atoms with Crippen LogP contribution in [0.25, 0.3) is 0 Å². The highest BCUT2D eigenvalue weighted by Crippen LogP contribution is 2.60. The minimum Gasteiger partial charge on any atom is -0.432 e. The van der Waals surface area contributed by atoms with E-state index in [4.69, 9.17) is 4.74 Å². The van der Waals surface area contributed by atoms with Gasteiger partial charge in [-0.25, -0.2) is 0 Å². The van der Waals surface area contributed by atoms with Crippen LogP contribution in [0.4, 0.5) is 17.1 Å². The van der Waals surface area contributed by atoms with Gasteiger partial charge in [0.05, 0.1) is 24.0 Å². The Kier molecular flexibility index (Phi) is 8.44. The zero-order chi connectivity index (χ0) is 31.8. The second kappa shape index (κ2) is 12.3. The monoisotopic (exact) mass is 625 g/mol. The van der Waals surface area contributed by atoms with E-state index in [1.165, 1.54) is 0 Å². The van der Waals surface area contributed by atoms with Gasteiger partial charge in [-0.2, -0.15) is 0 Å². The number of hydrogen-bond acceptors (Lipinski definition) is 7. The summed E-state index contributed by atoms with van der Waals surface area (Å²) in [5.74, 6) is -0.515. The number of aromatic nitrogens is 3. The number of ether oxygens (including phenoxy) is 1. The molecule has 0 bridgehead atoms. The third kappa shape index (κ3) is 5.61. The predicted octanol–water partition coefficient (Wildman–Crippen LogP) is 4.54. The van der Waals surface area contributed by atoms with Crippen LogP contribution in [0, 0.1) is 5.92 Å². The highest BCUT2D eigenvalue weighted by Gasteiger charge is 2.66. The lowest BCUT2D eigenvalue weighted by molar-refractivity contribution is -0.146. The first-order valence-electron chi connectivity index (χ1n) is 15.4. The molecule has 2 aliphatic rings. The van der Waals surface area contributed by atoms with Crippen molar-refractivity contribution in [3.05, 3.63) is 102 Å². The number of hydrogen-bond donors (Lipinski definition) is 2. The summed E-state index contributed by atoms with van der Waals surface area (Å²) in [6, 6.07) is 24.9. The molecule has 3 aromatic carbocycles. The van der Waals surface area contributed by atoms with Gasteiger partial charge >= 0.3 is 0 Å². The number of rotatable bonds is 11. The summed E-state index contributed by atoms with van der Waals surface area (Å²) >= 11 is 0. The second-order valence-electron chi connectivity index (χ2n) is 12.5. The highest BCUT2D eigenvalue weighted by atomic mass is 28.4. The molecule has 1 saturated heterocycles. The first-order valence-corrected chi connectivity index (χ1v) is 18.4. The molecule has 11 heteroatoms. The van der Waals surface area contributed by atoms with Gasteiger partial charge < -0.3 is 19.5 Å². The number of benzene rings is 3. The molecule has 0 radical (unpaired) electrons. The van der Waals surface area contributed by atoms with E-state index in [9.17, 15) is 19.5 Å². The molecule has 3 heterocycles. The van der Waals surface area contributed by atoms with Crippen LogP contribution in [0.15, 0.2) is 85.1 Å². The molecule has 45 heavy (non-hydrogen) atoms. The SMILES string of the molecule is C[C@H]1[C@H]([Si](C)(C)O)[C@@H](CCn2cc(CCO)nn2)O[C@]12C(=O)N(Cc1ccccc1)c1ccc(N(C=O)c3ccccc3)cc12. The Morgan fingerprint density at radius 3 is 2.42 bits per heavy atom. The molecule has 2 aliphatic heterocycles. The van der Waals surface area contributed by atoms with Gasteiger partial charge in [0.15, 0.2) is 13.9 Å². The van der Waals surface area contributed by atoms with Crippen LogP contribution in [-0.2, 0) is 39.4 Å². The number of aliphatic hydroxyl groups excluding tert-OH is 1. The van der Waals surface area contributed by atoms with E-state index in [1.807, 2.05) is 105 Å². The van der Waals surface area contributed by atoms with Crippen LogP contribution in [0.1, 0.15) is 30.2 Å². The maximum atomic E-state index is 14.8. The zero-order valence-corrected chi connectivity index (χ0v) is 26.8. The minimum absolute atomic E-state index is 0.00830. The fourth-order valence-corrected chi connectivity index (χ4v) is 9.81. The molecule has 0 saturated carbocycles. The number of carbonyl (C=O) groups excluding carboxylic acids is 2. The Balaban J connectivity index is 1.43. The highest BCUT2D eigenvalue weighted by molar-refractivity contribution is 6.71. The lowest BCUT2D eigenvalue weighted by atomic mass is 9.82. The van der Waals surface area contributed by atoms with E-state index >= 15 is 0 Å². The van der Waals surface area contributed by atoms with Gasteiger partial charge in [0, 0.05) is 54.2 Å². The van der Waals surface area contributed by atoms with Gasteiger partial charge in [-0.3, -0.25) is 19.2 Å². The van der Waals surface area contributed by atoms with Gasteiger partial charge in [-0.05, 0) is 55.4 Å². The van der Waals surface area contributed by atoms with Crippen molar-refractivity contribution in [2.45, 2.75) is 63.2 Å². The molecule has 2 N–H and O–H groups in total. The molecular weight excluding hydrogens is 586 g/mol. The predicted molar refractivity (Wildman–Crippen MR) is 173 cm³/mol. The van der Waals surface area contributed by atoms with Gasteiger partial charge in [-0.1, -0.05) is 60.7 Å². The molecule has 2 amide bonds. The van der Waals surface area contributed by atoms with Crippen molar-refractivity contribution in [2.75, 3.05) is 16.4 Å². The Morgan fingerprint density at radius 1 is 1.04 bits per heavy atom. The van der Waals surface area contributed by atoms with E-state index in [0.29, 0.717) is 48.6 Å². The largest absolute Gasteiger partial charge is 0.432 e. The lowest BCUT2D eigenvalue weighted by Crippen LogP contribution is -2.46. The molecule has 6 rings (SSSR count). The molecule has 4 atom stereocenters. The molecule has 1 fully saturated rings. The molecule has 10 nitrogen and oxygen atoms in total. The first kappa shape index (κ1) is 30.8. The molecule has 1 spiro atoms. The number of anilines is 3. The summed E-state index contributed by atoms with van der Waals surface area (Å²) in [6.07, 6.45) is 3.10. The van der Waals surface area contributed by atoms with E-state index in [1.54, 1.807) is 14.5 Å². The minimum atomic E-state index is -2.87. The van der Waals surface area contributed by atoms with E-state index in [2.05, 4.69) is 10.3 Å². The van der Waals surface area contributed by atoms with E-state index in [0.717, 1.165) is 17.7 Å². The van der Waals surface area contributed by atoms with Crippen LogP contribution in [0.2, 0.25) is 18.6 Å². The maximum Gasteiger partial charge on any atom is 0.264 e. The molecule has 234 valence electrons. The van der Waals surface area contributed by atoms with Gasteiger partial charge in [0.1, 0.15) is 0 Å². The van der Waals surface area contributed by atoms with E-state index in [-0.39, 0.29) is 24.0 Å². The third-order valence-electron chi connectivity index (χ3n) is 9.17. The molecule has 0 aliphatic carbocycles. The average molecular weight is 626 g/mol. The van der Waals surface area contributed by atoms with Crippen molar-refractivity contribution in [3.8, 4) is 0 Å². The number of amides is 2. The standard InChI is InChI=1S/C34H39N5O5Si/c1-24-32(45(2,3)43)31(16-18-37-22-26(17-19-40)35-36-37)44-34(24)29-20-28(39(23-41)27-12-8-5-9-13-27)14-15-30(29)38(33(34)42)21-25-10-6-4-7-11-25/h4-15,20,22-24,31-32,40,43H,16-19,21H2,1-3H3/t24-,31+,32-,34+/m0/s1. The topological polar surface area (TPSA) is 121 Å². The summed E-state index contributed by atoms with van der Waals surface area (Å²) in [7, 11) is -2.87. The van der Waals surface area contributed by atoms with Crippen LogP contribution in [0.5, 0.6) is 0 Å². The summed E-state index contributed by atoms with van der Waals surface area (Å²) in [5.41, 5.74) is 2.85. The van der Waals surface area contributed by atoms with Crippen molar-refractivity contribution in [3.63, 3.8) is 0 Å². The second-order valence-corrected chi connectivity index (χ2v) is 16.5. The number of aliphatic hydroxyl groups is 1. The number of fused-ring (bicyclic) bond motifs is 2. The maximum absolute atomic E-state index is 14.8. The Hall–Kier alpha value is -4.16. The Labute approximate surface area is 264 Å². The molecular formula is C34H39N5O5Si. The number of para-hydroxylation sites is 1. The quantitative estimate of drug-likeness (QED) is 0.185. The number of aryl methyl sites for hydroxylation is 1. The summed E-state index contributed by atoms with van der Waals surface area (Å²) < 4.78 is 8.71. The summed E-state index contributed by atoms with van der Waals surface area (Å²) in [6.45, 7) is 6.66. The van der Waals surface area contributed by atoms with Gasteiger partial charge in [0.2, 0.25) is 6.41 Å². The van der Waals surface area contributed by atoms with Crippen LogP contribution in [-0.4, -0.2) is 58.2 Å². The van der Waals surface area contributed by atoms with Crippen molar-refractivity contribution in [2.24, 2.45) is 5.92 Å². The van der Waals surface area contributed by atoms with Gasteiger partial charge in [-0.15, -0.1) is 5.10 Å². The third-order valence-corrected chi connectivity index (χ3v) is 11.7. The average Bonchev–Trinajstić information content (AvgIpc) is 3.67. The van der Waals surface area contributed by atoms with Crippen molar-refractivity contribution >= 4 is 37.7 Å².